The van der Waals surface area contributed by atoms with Crippen LogP contribution in [0.5, 0.6) is 0 Å². The predicted molar refractivity (Wildman–Crippen MR) is 68.4 cm³/mol. The maximum Gasteiger partial charge on any atom is 0.127 e. The summed E-state index contributed by atoms with van der Waals surface area (Å²) in [5.41, 5.74) is 1.53. The Morgan fingerprint density at radius 1 is 0.882 bits per heavy atom. The molecule has 0 fully saturated rings. The molecule has 0 aliphatic rings. The van der Waals surface area contributed by atoms with E-state index in [1.807, 2.05) is 30.3 Å². The zero-order valence-electron chi connectivity index (χ0n) is 9.30. The first-order valence-corrected chi connectivity index (χ1v) is 6.87. The van der Waals surface area contributed by atoms with Gasteiger partial charge in [-0.25, -0.2) is 4.39 Å². The molecule has 2 rings (SSSR count). The van der Waals surface area contributed by atoms with Crippen molar-refractivity contribution in [1.82, 2.24) is 0 Å². The molecular weight excluding hydrogens is 235 g/mol. The van der Waals surface area contributed by atoms with E-state index in [2.05, 4.69) is 0 Å². The van der Waals surface area contributed by atoms with Crippen molar-refractivity contribution in [3.05, 3.63) is 71.5 Å². The minimum absolute atomic E-state index is 0.265. The van der Waals surface area contributed by atoms with Gasteiger partial charge in [0.2, 0.25) is 0 Å². The van der Waals surface area contributed by atoms with Crippen LogP contribution in [0.1, 0.15) is 11.1 Å². The molecule has 0 bridgehead atoms. The summed E-state index contributed by atoms with van der Waals surface area (Å²) in [6, 6.07) is 16.1. The Kier molecular flexibility index (Phi) is 4.04. The van der Waals surface area contributed by atoms with Gasteiger partial charge in [-0.15, -0.1) is 0 Å². The van der Waals surface area contributed by atoms with Crippen LogP contribution in [0.25, 0.3) is 0 Å². The second-order valence-corrected chi connectivity index (χ2v) is 5.26. The number of rotatable bonds is 4. The van der Waals surface area contributed by atoms with Gasteiger partial charge in [-0.3, -0.25) is 4.21 Å². The van der Waals surface area contributed by atoms with E-state index in [0.29, 0.717) is 11.3 Å². The van der Waals surface area contributed by atoms with Crippen LogP contribution in [0, 0.1) is 5.82 Å². The fraction of sp³-hybridized carbons (Fsp3) is 0.143. The Morgan fingerprint density at radius 3 is 2.24 bits per heavy atom. The number of hydrogen-bond acceptors (Lipinski definition) is 1. The quantitative estimate of drug-likeness (QED) is 0.811. The minimum atomic E-state index is -1.07. The van der Waals surface area contributed by atoms with E-state index in [9.17, 15) is 8.60 Å². The summed E-state index contributed by atoms with van der Waals surface area (Å²) < 4.78 is 25.2. The molecule has 0 saturated heterocycles. The van der Waals surface area contributed by atoms with Crippen molar-refractivity contribution in [2.45, 2.75) is 11.5 Å². The van der Waals surface area contributed by atoms with Gasteiger partial charge in [-0.05, 0) is 11.6 Å². The number of benzene rings is 2. The van der Waals surface area contributed by atoms with Crippen LogP contribution in [-0.4, -0.2) is 4.21 Å². The van der Waals surface area contributed by atoms with Crippen LogP contribution in [-0.2, 0) is 22.3 Å². The highest BCUT2D eigenvalue weighted by molar-refractivity contribution is 7.83. The van der Waals surface area contributed by atoms with E-state index in [1.165, 1.54) is 6.07 Å². The van der Waals surface area contributed by atoms with Crippen molar-refractivity contribution in [1.29, 1.82) is 0 Å². The lowest BCUT2D eigenvalue weighted by Gasteiger charge is -2.04. The molecule has 0 radical (unpaired) electrons. The minimum Gasteiger partial charge on any atom is -0.259 e. The summed E-state index contributed by atoms with van der Waals surface area (Å²) in [7, 11) is -1.07. The highest BCUT2D eigenvalue weighted by atomic mass is 32.2. The Balaban J connectivity index is 2.01. The Bertz CT molecular complexity index is 511. The normalized spacial score (nSPS) is 12.3. The first-order chi connectivity index (χ1) is 8.25. The molecule has 2 aromatic rings. The van der Waals surface area contributed by atoms with Gasteiger partial charge in [0.05, 0.1) is 5.75 Å². The molecule has 88 valence electrons. The monoisotopic (exact) mass is 248 g/mol. The topological polar surface area (TPSA) is 17.1 Å². The van der Waals surface area contributed by atoms with Crippen LogP contribution < -0.4 is 0 Å². The van der Waals surface area contributed by atoms with Crippen molar-refractivity contribution >= 4 is 10.8 Å². The maximum absolute atomic E-state index is 13.4. The second kappa shape index (κ2) is 5.73. The molecule has 0 N–H and O–H groups in total. The summed E-state index contributed by atoms with van der Waals surface area (Å²) in [6.07, 6.45) is 0. The first-order valence-electron chi connectivity index (χ1n) is 5.38. The smallest absolute Gasteiger partial charge is 0.127 e. The zero-order chi connectivity index (χ0) is 12.1. The lowest BCUT2D eigenvalue weighted by atomic mass is 10.2. The van der Waals surface area contributed by atoms with Gasteiger partial charge in [0.25, 0.3) is 0 Å². The fourth-order valence-corrected chi connectivity index (χ4v) is 2.85. The Hall–Kier alpha value is -1.48. The molecule has 3 heteroatoms. The van der Waals surface area contributed by atoms with Crippen molar-refractivity contribution in [3.8, 4) is 0 Å². The van der Waals surface area contributed by atoms with E-state index < -0.39 is 10.8 Å². The molecule has 2 aromatic carbocycles. The number of hydrogen-bond donors (Lipinski definition) is 0. The average Bonchev–Trinajstić information content (AvgIpc) is 2.33. The van der Waals surface area contributed by atoms with Gasteiger partial charge in [-0.2, -0.15) is 0 Å². The molecule has 0 saturated carbocycles. The van der Waals surface area contributed by atoms with Crippen molar-refractivity contribution in [2.75, 3.05) is 0 Å². The summed E-state index contributed by atoms with van der Waals surface area (Å²) in [5, 5.41) is 0. The molecule has 0 aromatic heterocycles. The third-order valence-corrected chi connectivity index (χ3v) is 3.73. The van der Waals surface area contributed by atoms with Crippen LogP contribution in [0.4, 0.5) is 4.39 Å². The highest BCUT2D eigenvalue weighted by Gasteiger charge is 2.06. The van der Waals surface area contributed by atoms with E-state index in [1.54, 1.807) is 18.2 Å². The van der Waals surface area contributed by atoms with Crippen molar-refractivity contribution < 1.29 is 8.60 Å². The standard InChI is InChI=1S/C14H13FOS/c15-14-9-5-4-8-13(14)11-17(16)10-12-6-2-1-3-7-12/h1-9H,10-11H2/t17-/m0/s1. The Morgan fingerprint density at radius 2 is 1.53 bits per heavy atom. The molecule has 0 unspecified atom stereocenters. The van der Waals surface area contributed by atoms with Gasteiger partial charge in [0.15, 0.2) is 0 Å². The molecule has 0 amide bonds. The van der Waals surface area contributed by atoms with Gasteiger partial charge < -0.3 is 0 Å². The third kappa shape index (κ3) is 3.49. The maximum atomic E-state index is 13.4. The van der Waals surface area contributed by atoms with Gasteiger partial charge in [0, 0.05) is 22.1 Å². The largest absolute Gasteiger partial charge is 0.259 e. The zero-order valence-corrected chi connectivity index (χ0v) is 10.1. The molecular formula is C14H13FOS. The van der Waals surface area contributed by atoms with Gasteiger partial charge >= 0.3 is 0 Å². The van der Waals surface area contributed by atoms with E-state index in [0.717, 1.165) is 5.56 Å². The molecule has 1 atom stereocenters. The predicted octanol–water partition coefficient (Wildman–Crippen LogP) is 3.27. The first kappa shape index (κ1) is 12.0. The summed E-state index contributed by atoms with van der Waals surface area (Å²) in [5.74, 6) is 0.449. The van der Waals surface area contributed by atoms with E-state index in [4.69, 9.17) is 0 Å². The summed E-state index contributed by atoms with van der Waals surface area (Å²) in [6.45, 7) is 0. The van der Waals surface area contributed by atoms with Crippen molar-refractivity contribution in [3.63, 3.8) is 0 Å². The fourth-order valence-electron chi connectivity index (χ4n) is 1.60. The molecule has 0 aliphatic carbocycles. The van der Waals surface area contributed by atoms with Crippen LogP contribution in [0.2, 0.25) is 0 Å². The van der Waals surface area contributed by atoms with Crippen LogP contribution in [0.15, 0.2) is 54.6 Å². The lowest BCUT2D eigenvalue weighted by molar-refractivity contribution is 0.615. The summed E-state index contributed by atoms with van der Waals surface area (Å²) >= 11 is 0. The van der Waals surface area contributed by atoms with Gasteiger partial charge in [-0.1, -0.05) is 48.5 Å². The lowest BCUT2D eigenvalue weighted by Crippen LogP contribution is -2.01. The van der Waals surface area contributed by atoms with Gasteiger partial charge in [0.1, 0.15) is 5.82 Å². The third-order valence-electron chi connectivity index (χ3n) is 2.44. The van der Waals surface area contributed by atoms with E-state index >= 15 is 0 Å². The highest BCUT2D eigenvalue weighted by Crippen LogP contribution is 2.12. The SMILES string of the molecule is O=[S@@](Cc1ccccc1)Cc1ccccc1F. The molecule has 1 nitrogen and oxygen atoms in total. The number of halogens is 1. The van der Waals surface area contributed by atoms with E-state index in [-0.39, 0.29) is 11.6 Å². The molecule has 0 aliphatic heterocycles. The van der Waals surface area contributed by atoms with Crippen LogP contribution >= 0.6 is 0 Å². The molecule has 0 spiro atoms. The summed E-state index contributed by atoms with van der Waals surface area (Å²) in [4.78, 5) is 0. The van der Waals surface area contributed by atoms with Crippen molar-refractivity contribution in [2.24, 2.45) is 0 Å². The molecule has 0 heterocycles. The Labute approximate surface area is 103 Å². The van der Waals surface area contributed by atoms with Crippen LogP contribution in [0.3, 0.4) is 0 Å². The second-order valence-electron chi connectivity index (χ2n) is 3.81. The average molecular weight is 248 g/mol. The molecule has 17 heavy (non-hydrogen) atoms.